The monoisotopic (exact) mass is 385 g/mol. The molecule has 0 unspecified atom stereocenters. The summed E-state index contributed by atoms with van der Waals surface area (Å²) in [7, 11) is 0. The minimum absolute atomic E-state index is 0.0700. The van der Waals surface area contributed by atoms with Crippen molar-refractivity contribution >= 4 is 23.5 Å². The molecule has 2 heterocycles. The second-order valence-electron chi connectivity index (χ2n) is 6.83. The van der Waals surface area contributed by atoms with Crippen molar-refractivity contribution in [2.75, 3.05) is 6.54 Å². The Morgan fingerprint density at radius 2 is 2.00 bits per heavy atom. The molecule has 0 saturated heterocycles. The summed E-state index contributed by atoms with van der Waals surface area (Å²) in [5.41, 5.74) is 2.27. The first-order chi connectivity index (χ1) is 12.7. The van der Waals surface area contributed by atoms with Crippen molar-refractivity contribution in [1.82, 2.24) is 14.9 Å². The third-order valence-corrected chi connectivity index (χ3v) is 3.83. The number of fused-ring (bicyclic) bond motifs is 1. The van der Waals surface area contributed by atoms with Crippen molar-refractivity contribution in [2.45, 2.75) is 32.9 Å². The molecule has 0 bridgehead atoms. The number of benzene rings is 1. The molecule has 6 nitrogen and oxygen atoms in total. The summed E-state index contributed by atoms with van der Waals surface area (Å²) in [6.07, 6.45) is 9.56. The van der Waals surface area contributed by atoms with Crippen LogP contribution in [0.15, 0.2) is 30.5 Å². The zero-order valence-corrected chi connectivity index (χ0v) is 16.2. The standard InChI is InChI=1S/C18H18ClN3O3.C2H2/c1-18(2,3)25-15(23)10-22-9-12-5-4-11(8-13(12)16(22)24)14-6-7-20-17(19)21-14;1-2/h4-8H,9-10H2,1-3H3;1-2H. The SMILES string of the molecule is C#C.CC(C)(C)OC(=O)CN1Cc2ccc(-c3ccnc(Cl)n3)cc2C1=O. The van der Waals surface area contributed by atoms with Gasteiger partial charge in [0.2, 0.25) is 5.28 Å². The molecule has 0 radical (unpaired) electrons. The summed E-state index contributed by atoms with van der Waals surface area (Å²) < 4.78 is 5.29. The van der Waals surface area contributed by atoms with Gasteiger partial charge in [-0.2, -0.15) is 0 Å². The van der Waals surface area contributed by atoms with E-state index in [0.29, 0.717) is 17.8 Å². The van der Waals surface area contributed by atoms with E-state index in [1.165, 1.54) is 4.90 Å². The molecule has 0 fully saturated rings. The van der Waals surface area contributed by atoms with E-state index in [1.807, 2.05) is 12.1 Å². The summed E-state index contributed by atoms with van der Waals surface area (Å²) in [4.78, 5) is 34.1. The van der Waals surface area contributed by atoms with Crippen molar-refractivity contribution in [2.24, 2.45) is 0 Å². The number of carbonyl (C=O) groups is 2. The van der Waals surface area contributed by atoms with Crippen LogP contribution in [0.4, 0.5) is 0 Å². The van der Waals surface area contributed by atoms with Gasteiger partial charge in [0.05, 0.1) is 5.69 Å². The number of hydrogen-bond acceptors (Lipinski definition) is 5. The number of ether oxygens (including phenoxy) is 1. The van der Waals surface area contributed by atoms with Gasteiger partial charge >= 0.3 is 5.97 Å². The van der Waals surface area contributed by atoms with E-state index in [1.54, 1.807) is 39.1 Å². The summed E-state index contributed by atoms with van der Waals surface area (Å²) in [5, 5.41) is 0.149. The fourth-order valence-corrected chi connectivity index (χ4v) is 2.82. The molecule has 1 aromatic carbocycles. The maximum absolute atomic E-state index is 12.6. The van der Waals surface area contributed by atoms with Crippen LogP contribution in [-0.2, 0) is 16.1 Å². The molecule has 1 aliphatic rings. The average molecular weight is 386 g/mol. The minimum atomic E-state index is -0.577. The molecule has 27 heavy (non-hydrogen) atoms. The van der Waals surface area contributed by atoms with Gasteiger partial charge < -0.3 is 9.64 Å². The first-order valence-corrected chi connectivity index (χ1v) is 8.57. The second kappa shape index (κ2) is 8.19. The molecule has 1 aliphatic heterocycles. The van der Waals surface area contributed by atoms with E-state index < -0.39 is 11.6 Å². The fraction of sp³-hybridized carbons (Fsp3) is 0.300. The van der Waals surface area contributed by atoms with Gasteiger partial charge in [-0.05, 0) is 50.1 Å². The Bertz CT molecular complexity index is 888. The zero-order chi connectivity index (χ0) is 20.2. The Labute approximate surface area is 163 Å². The molecular weight excluding hydrogens is 366 g/mol. The van der Waals surface area contributed by atoms with Gasteiger partial charge in [-0.15, -0.1) is 12.8 Å². The number of terminal acetylenes is 1. The normalized spacial score (nSPS) is 12.8. The predicted molar refractivity (Wildman–Crippen MR) is 103 cm³/mol. The zero-order valence-electron chi connectivity index (χ0n) is 15.4. The van der Waals surface area contributed by atoms with Gasteiger partial charge in [0, 0.05) is 23.9 Å². The lowest BCUT2D eigenvalue weighted by molar-refractivity contribution is -0.155. The number of halogens is 1. The summed E-state index contributed by atoms with van der Waals surface area (Å²) in [5.74, 6) is -0.612. The van der Waals surface area contributed by atoms with Gasteiger partial charge in [0.25, 0.3) is 5.91 Å². The van der Waals surface area contributed by atoms with Crippen LogP contribution < -0.4 is 0 Å². The maximum atomic E-state index is 12.6. The molecule has 0 saturated carbocycles. The molecule has 140 valence electrons. The first kappa shape index (κ1) is 20.4. The highest BCUT2D eigenvalue weighted by Crippen LogP contribution is 2.28. The van der Waals surface area contributed by atoms with Crippen LogP contribution in [0.3, 0.4) is 0 Å². The highest BCUT2D eigenvalue weighted by Gasteiger charge is 2.30. The largest absolute Gasteiger partial charge is 0.459 e. The highest BCUT2D eigenvalue weighted by atomic mass is 35.5. The lowest BCUT2D eigenvalue weighted by atomic mass is 10.0. The average Bonchev–Trinajstić information content (AvgIpc) is 2.90. The molecule has 3 rings (SSSR count). The number of amides is 1. The Balaban J connectivity index is 0.00000126. The highest BCUT2D eigenvalue weighted by molar-refractivity contribution is 6.28. The topological polar surface area (TPSA) is 72.4 Å². The Kier molecular flexibility index (Phi) is 6.19. The lowest BCUT2D eigenvalue weighted by Gasteiger charge is -2.22. The molecule has 0 aliphatic carbocycles. The summed E-state index contributed by atoms with van der Waals surface area (Å²) in [6, 6.07) is 7.24. The predicted octanol–water partition coefficient (Wildman–Crippen LogP) is 3.34. The summed E-state index contributed by atoms with van der Waals surface area (Å²) >= 11 is 5.83. The molecule has 7 heteroatoms. The van der Waals surface area contributed by atoms with E-state index in [2.05, 4.69) is 22.8 Å². The quantitative estimate of drug-likeness (QED) is 0.460. The van der Waals surface area contributed by atoms with Crippen molar-refractivity contribution in [3.63, 3.8) is 0 Å². The number of aromatic nitrogens is 2. The van der Waals surface area contributed by atoms with Gasteiger partial charge in [0.1, 0.15) is 12.1 Å². The van der Waals surface area contributed by atoms with E-state index in [-0.39, 0.29) is 17.7 Å². The van der Waals surface area contributed by atoms with Crippen LogP contribution in [0.1, 0.15) is 36.7 Å². The molecule has 0 atom stereocenters. The minimum Gasteiger partial charge on any atom is -0.459 e. The molecule has 0 N–H and O–H groups in total. The smallest absolute Gasteiger partial charge is 0.326 e. The molecule has 0 spiro atoms. The van der Waals surface area contributed by atoms with Crippen LogP contribution in [0.2, 0.25) is 5.28 Å². The number of rotatable bonds is 3. The van der Waals surface area contributed by atoms with E-state index in [0.717, 1.165) is 11.1 Å². The molecule has 1 amide bonds. The van der Waals surface area contributed by atoms with Crippen molar-refractivity contribution in [3.05, 3.63) is 46.9 Å². The van der Waals surface area contributed by atoms with Crippen molar-refractivity contribution in [1.29, 1.82) is 0 Å². The van der Waals surface area contributed by atoms with Crippen LogP contribution >= 0.6 is 11.6 Å². The lowest BCUT2D eigenvalue weighted by Crippen LogP contribution is -2.35. The van der Waals surface area contributed by atoms with Crippen molar-refractivity contribution < 1.29 is 14.3 Å². The van der Waals surface area contributed by atoms with Gasteiger partial charge in [0.15, 0.2) is 0 Å². The fourth-order valence-electron chi connectivity index (χ4n) is 2.67. The second-order valence-corrected chi connectivity index (χ2v) is 7.17. The number of nitrogens with zero attached hydrogens (tertiary/aromatic N) is 3. The van der Waals surface area contributed by atoms with Crippen LogP contribution in [0.25, 0.3) is 11.3 Å². The van der Waals surface area contributed by atoms with E-state index in [9.17, 15) is 9.59 Å². The molecular formula is C20H20ClN3O3. The van der Waals surface area contributed by atoms with Crippen LogP contribution in [0, 0.1) is 12.8 Å². The Hall–Kier alpha value is -2.91. The van der Waals surface area contributed by atoms with Gasteiger partial charge in [-0.25, -0.2) is 9.97 Å². The Morgan fingerprint density at radius 3 is 2.63 bits per heavy atom. The Morgan fingerprint density at radius 1 is 1.30 bits per heavy atom. The first-order valence-electron chi connectivity index (χ1n) is 8.19. The van der Waals surface area contributed by atoms with Crippen LogP contribution in [0.5, 0.6) is 0 Å². The number of esters is 1. The third-order valence-electron chi connectivity index (χ3n) is 3.65. The maximum Gasteiger partial charge on any atom is 0.326 e. The molecule has 2 aromatic rings. The number of hydrogen-bond donors (Lipinski definition) is 0. The number of carbonyl (C=O) groups excluding carboxylic acids is 2. The summed E-state index contributed by atoms with van der Waals surface area (Å²) in [6.45, 7) is 5.71. The van der Waals surface area contributed by atoms with E-state index in [4.69, 9.17) is 16.3 Å². The van der Waals surface area contributed by atoms with E-state index >= 15 is 0 Å². The van der Waals surface area contributed by atoms with Crippen LogP contribution in [-0.4, -0.2) is 38.9 Å². The third kappa shape index (κ3) is 5.05. The van der Waals surface area contributed by atoms with Gasteiger partial charge in [-0.3, -0.25) is 9.59 Å². The van der Waals surface area contributed by atoms with Gasteiger partial charge in [-0.1, -0.05) is 12.1 Å². The van der Waals surface area contributed by atoms with Crippen molar-refractivity contribution in [3.8, 4) is 24.1 Å². The molecule has 1 aromatic heterocycles.